The van der Waals surface area contributed by atoms with Gasteiger partial charge in [-0.1, -0.05) is 0 Å². The van der Waals surface area contributed by atoms with Crippen LogP contribution in [0, 0.1) is 0 Å². The zero-order chi connectivity index (χ0) is 13.6. The van der Waals surface area contributed by atoms with Gasteiger partial charge in [-0.05, 0) is 40.2 Å². The molecular formula is C12H23N3O3. The first-order valence-corrected chi connectivity index (χ1v) is 6.36. The van der Waals surface area contributed by atoms with Crippen molar-refractivity contribution in [3.05, 3.63) is 0 Å². The van der Waals surface area contributed by atoms with E-state index >= 15 is 0 Å². The minimum atomic E-state index is -0.499. The summed E-state index contributed by atoms with van der Waals surface area (Å²) in [6, 6.07) is -0.0773. The minimum absolute atomic E-state index is 0.00140. The van der Waals surface area contributed by atoms with Crippen LogP contribution in [0.3, 0.4) is 0 Å². The van der Waals surface area contributed by atoms with E-state index in [2.05, 4.69) is 16.0 Å². The number of amides is 2. The van der Waals surface area contributed by atoms with E-state index in [0.717, 1.165) is 19.4 Å². The van der Waals surface area contributed by atoms with Gasteiger partial charge in [0.1, 0.15) is 5.60 Å². The molecule has 1 unspecified atom stereocenters. The molecular weight excluding hydrogens is 234 g/mol. The lowest BCUT2D eigenvalue weighted by molar-refractivity contribution is -0.122. The number of alkyl carbamates (subject to hydrolysis) is 1. The summed E-state index contributed by atoms with van der Waals surface area (Å²) in [6.45, 7) is 7.10. The van der Waals surface area contributed by atoms with Crippen molar-refractivity contribution in [2.75, 3.05) is 19.6 Å². The molecule has 2 amide bonds. The Kier molecular flexibility index (Phi) is 5.40. The average Bonchev–Trinajstić information content (AvgIpc) is 2.74. The van der Waals surface area contributed by atoms with Crippen LogP contribution < -0.4 is 16.0 Å². The van der Waals surface area contributed by atoms with Gasteiger partial charge in [-0.2, -0.15) is 0 Å². The number of ether oxygens (including phenoxy) is 1. The molecule has 0 aromatic heterocycles. The van der Waals surface area contributed by atoms with Gasteiger partial charge in [0, 0.05) is 13.1 Å². The maximum atomic E-state index is 11.6. The molecule has 1 saturated heterocycles. The van der Waals surface area contributed by atoms with Crippen LogP contribution in [0.4, 0.5) is 4.79 Å². The molecule has 3 N–H and O–H groups in total. The van der Waals surface area contributed by atoms with Crippen LogP contribution >= 0.6 is 0 Å². The van der Waals surface area contributed by atoms with Gasteiger partial charge in [0.05, 0.1) is 6.04 Å². The molecule has 1 rings (SSSR count). The molecule has 1 fully saturated rings. The number of carbonyl (C=O) groups excluding carboxylic acids is 2. The highest BCUT2D eigenvalue weighted by atomic mass is 16.6. The van der Waals surface area contributed by atoms with Gasteiger partial charge < -0.3 is 20.7 Å². The van der Waals surface area contributed by atoms with Crippen LogP contribution in [-0.4, -0.2) is 43.3 Å². The van der Waals surface area contributed by atoms with Gasteiger partial charge in [0.25, 0.3) is 0 Å². The van der Waals surface area contributed by atoms with Crippen molar-refractivity contribution in [3.63, 3.8) is 0 Å². The Morgan fingerprint density at radius 1 is 1.28 bits per heavy atom. The molecule has 0 bridgehead atoms. The molecule has 0 aromatic carbocycles. The zero-order valence-electron chi connectivity index (χ0n) is 11.3. The van der Waals surface area contributed by atoms with E-state index in [-0.39, 0.29) is 11.9 Å². The quantitative estimate of drug-likeness (QED) is 0.636. The van der Waals surface area contributed by atoms with E-state index in [9.17, 15) is 9.59 Å². The lowest BCUT2D eigenvalue weighted by atomic mass is 10.2. The Bertz CT molecular complexity index is 293. The Hall–Kier alpha value is -1.30. The fraction of sp³-hybridized carbons (Fsp3) is 0.833. The van der Waals surface area contributed by atoms with Gasteiger partial charge in [-0.25, -0.2) is 4.79 Å². The number of carbonyl (C=O) groups is 2. The van der Waals surface area contributed by atoms with Crippen molar-refractivity contribution >= 4 is 12.0 Å². The summed E-state index contributed by atoms with van der Waals surface area (Å²) in [4.78, 5) is 22.9. The van der Waals surface area contributed by atoms with E-state index in [0.29, 0.717) is 13.1 Å². The Balaban J connectivity index is 2.07. The van der Waals surface area contributed by atoms with E-state index < -0.39 is 11.7 Å². The average molecular weight is 257 g/mol. The molecule has 104 valence electrons. The molecule has 0 spiro atoms. The maximum Gasteiger partial charge on any atom is 0.407 e. The standard InChI is InChI=1S/C12H23N3O3/c1-12(2,3)18-11(17)15-8-7-14-10(16)9-5-4-6-13-9/h9,13H,4-8H2,1-3H3,(H,14,16)(H,15,17). The zero-order valence-corrected chi connectivity index (χ0v) is 11.3. The van der Waals surface area contributed by atoms with E-state index in [1.54, 1.807) is 20.8 Å². The van der Waals surface area contributed by atoms with Crippen LogP contribution in [0.25, 0.3) is 0 Å². The Morgan fingerprint density at radius 2 is 1.94 bits per heavy atom. The number of hydrogen-bond acceptors (Lipinski definition) is 4. The van der Waals surface area contributed by atoms with E-state index in [1.165, 1.54) is 0 Å². The summed E-state index contributed by atoms with van der Waals surface area (Å²) >= 11 is 0. The predicted molar refractivity (Wildman–Crippen MR) is 68.3 cm³/mol. The summed E-state index contributed by atoms with van der Waals surface area (Å²) in [5, 5.41) is 8.47. The van der Waals surface area contributed by atoms with Crippen molar-refractivity contribution in [2.24, 2.45) is 0 Å². The van der Waals surface area contributed by atoms with Crippen molar-refractivity contribution < 1.29 is 14.3 Å². The SMILES string of the molecule is CC(C)(C)OC(=O)NCCNC(=O)C1CCCN1. The number of hydrogen-bond donors (Lipinski definition) is 3. The molecule has 0 aromatic rings. The topological polar surface area (TPSA) is 79.5 Å². The van der Waals surface area contributed by atoms with Gasteiger partial charge in [-0.3, -0.25) is 4.79 Å². The first-order valence-electron chi connectivity index (χ1n) is 6.36. The second-order valence-corrected chi connectivity index (χ2v) is 5.37. The highest BCUT2D eigenvalue weighted by Crippen LogP contribution is 2.06. The molecule has 6 nitrogen and oxygen atoms in total. The van der Waals surface area contributed by atoms with Crippen molar-refractivity contribution in [3.8, 4) is 0 Å². The highest BCUT2D eigenvalue weighted by Gasteiger charge is 2.21. The fourth-order valence-electron chi connectivity index (χ4n) is 1.70. The van der Waals surface area contributed by atoms with E-state index in [4.69, 9.17) is 4.74 Å². The second kappa shape index (κ2) is 6.58. The van der Waals surface area contributed by atoms with Crippen LogP contribution in [0.5, 0.6) is 0 Å². The third-order valence-electron chi connectivity index (χ3n) is 2.47. The Labute approximate surface area is 108 Å². The van der Waals surface area contributed by atoms with Crippen LogP contribution in [0.2, 0.25) is 0 Å². The van der Waals surface area contributed by atoms with Gasteiger partial charge in [0.15, 0.2) is 0 Å². The number of nitrogens with one attached hydrogen (secondary N) is 3. The largest absolute Gasteiger partial charge is 0.444 e. The van der Waals surface area contributed by atoms with Gasteiger partial charge in [0.2, 0.25) is 5.91 Å². The Morgan fingerprint density at radius 3 is 2.50 bits per heavy atom. The summed E-state index contributed by atoms with van der Waals surface area (Å²) < 4.78 is 5.07. The van der Waals surface area contributed by atoms with Gasteiger partial charge in [-0.15, -0.1) is 0 Å². The predicted octanol–water partition coefficient (Wildman–Crippen LogP) is 0.379. The highest BCUT2D eigenvalue weighted by molar-refractivity contribution is 5.82. The second-order valence-electron chi connectivity index (χ2n) is 5.37. The normalized spacial score (nSPS) is 19.4. The lowest BCUT2D eigenvalue weighted by Gasteiger charge is -2.19. The molecule has 0 saturated carbocycles. The fourth-order valence-corrected chi connectivity index (χ4v) is 1.70. The molecule has 1 aliphatic rings. The first-order chi connectivity index (χ1) is 8.38. The van der Waals surface area contributed by atoms with Crippen LogP contribution in [0.15, 0.2) is 0 Å². The van der Waals surface area contributed by atoms with Crippen LogP contribution in [-0.2, 0) is 9.53 Å². The smallest absolute Gasteiger partial charge is 0.407 e. The monoisotopic (exact) mass is 257 g/mol. The van der Waals surface area contributed by atoms with Crippen molar-refractivity contribution in [2.45, 2.75) is 45.3 Å². The molecule has 6 heteroatoms. The maximum absolute atomic E-state index is 11.6. The summed E-state index contributed by atoms with van der Waals surface area (Å²) in [5.74, 6) is -0.00140. The van der Waals surface area contributed by atoms with Crippen molar-refractivity contribution in [1.82, 2.24) is 16.0 Å². The summed E-state index contributed by atoms with van der Waals surface area (Å²) in [5.41, 5.74) is -0.499. The number of rotatable bonds is 4. The van der Waals surface area contributed by atoms with Crippen LogP contribution in [0.1, 0.15) is 33.6 Å². The molecule has 0 radical (unpaired) electrons. The summed E-state index contributed by atoms with van der Waals surface area (Å²) in [7, 11) is 0. The first kappa shape index (κ1) is 14.8. The van der Waals surface area contributed by atoms with E-state index in [1.807, 2.05) is 0 Å². The summed E-state index contributed by atoms with van der Waals surface area (Å²) in [6.07, 6.45) is 1.45. The minimum Gasteiger partial charge on any atom is -0.444 e. The van der Waals surface area contributed by atoms with Crippen molar-refractivity contribution in [1.29, 1.82) is 0 Å². The molecule has 1 atom stereocenters. The molecule has 0 aliphatic carbocycles. The molecule has 1 aliphatic heterocycles. The third kappa shape index (κ3) is 5.86. The lowest BCUT2D eigenvalue weighted by Crippen LogP contribution is -2.43. The molecule has 18 heavy (non-hydrogen) atoms. The third-order valence-corrected chi connectivity index (χ3v) is 2.47. The van der Waals surface area contributed by atoms with Gasteiger partial charge >= 0.3 is 6.09 Å². The molecule has 1 heterocycles.